The van der Waals surface area contributed by atoms with E-state index in [9.17, 15) is 9.59 Å². The van der Waals surface area contributed by atoms with Crippen LogP contribution in [0, 0.1) is 0 Å². The smallest absolute Gasteiger partial charge is 0.320 e. The van der Waals surface area contributed by atoms with Gasteiger partial charge in [-0.3, -0.25) is 4.79 Å². The van der Waals surface area contributed by atoms with Crippen LogP contribution < -0.4 is 15.5 Å². The summed E-state index contributed by atoms with van der Waals surface area (Å²) in [4.78, 5) is 28.0. The van der Waals surface area contributed by atoms with E-state index in [0.717, 1.165) is 29.7 Å². The van der Waals surface area contributed by atoms with Crippen LogP contribution in [0.2, 0.25) is 0 Å². The second-order valence-electron chi connectivity index (χ2n) is 7.36. The summed E-state index contributed by atoms with van der Waals surface area (Å²) < 4.78 is 0. The van der Waals surface area contributed by atoms with Crippen molar-refractivity contribution in [1.29, 1.82) is 0 Å². The maximum atomic E-state index is 13.5. The van der Waals surface area contributed by atoms with Gasteiger partial charge in [-0.15, -0.1) is 0 Å². The summed E-state index contributed by atoms with van der Waals surface area (Å²) in [6.07, 6.45) is 1.76. The van der Waals surface area contributed by atoms with Crippen molar-refractivity contribution in [3.63, 3.8) is 0 Å². The number of amides is 3. The van der Waals surface area contributed by atoms with Crippen LogP contribution in [0.1, 0.15) is 29.7 Å². The molecule has 5 nitrogen and oxygen atoms in total. The van der Waals surface area contributed by atoms with Crippen LogP contribution in [-0.4, -0.2) is 18.5 Å². The van der Waals surface area contributed by atoms with Gasteiger partial charge in [0.15, 0.2) is 0 Å². The molecule has 0 fully saturated rings. The number of fused-ring (bicyclic) bond motifs is 1. The summed E-state index contributed by atoms with van der Waals surface area (Å²) in [6, 6.07) is 23.8. The normalized spacial score (nSPS) is 13.4. The van der Waals surface area contributed by atoms with E-state index in [1.165, 1.54) is 5.56 Å². The van der Waals surface area contributed by atoms with Gasteiger partial charge in [-0.25, -0.2) is 4.79 Å². The predicted octanol–water partition coefficient (Wildman–Crippen LogP) is 4.70. The van der Waals surface area contributed by atoms with E-state index in [1.807, 2.05) is 78.9 Å². The predicted molar refractivity (Wildman–Crippen MR) is 120 cm³/mol. The van der Waals surface area contributed by atoms with Gasteiger partial charge in [0, 0.05) is 17.9 Å². The number of anilines is 2. The molecule has 0 spiro atoms. The SMILES string of the molecule is CCc1ccc(NC(=O)NC(C(=O)N2CCc3ccccc32)c2ccccc2)cc1. The number of hydrogen-bond donors (Lipinski definition) is 2. The molecule has 0 saturated carbocycles. The van der Waals surface area contributed by atoms with Gasteiger partial charge in [-0.05, 0) is 47.7 Å². The molecule has 0 radical (unpaired) electrons. The minimum absolute atomic E-state index is 0.136. The van der Waals surface area contributed by atoms with E-state index in [1.54, 1.807) is 4.90 Å². The van der Waals surface area contributed by atoms with E-state index in [4.69, 9.17) is 0 Å². The molecule has 2 N–H and O–H groups in total. The highest BCUT2D eigenvalue weighted by Crippen LogP contribution is 2.30. The van der Waals surface area contributed by atoms with E-state index in [2.05, 4.69) is 17.6 Å². The lowest BCUT2D eigenvalue weighted by atomic mass is 10.1. The van der Waals surface area contributed by atoms with Crippen LogP contribution in [0.15, 0.2) is 78.9 Å². The minimum atomic E-state index is -0.771. The molecule has 4 rings (SSSR count). The zero-order valence-corrected chi connectivity index (χ0v) is 17.0. The summed E-state index contributed by atoms with van der Waals surface area (Å²) in [5.74, 6) is -0.136. The molecule has 1 atom stereocenters. The Morgan fingerprint density at radius 1 is 0.933 bits per heavy atom. The summed E-state index contributed by atoms with van der Waals surface area (Å²) in [5.41, 5.74) is 4.71. The lowest BCUT2D eigenvalue weighted by Gasteiger charge is -2.25. The van der Waals surface area contributed by atoms with Gasteiger partial charge in [-0.1, -0.05) is 67.6 Å². The van der Waals surface area contributed by atoms with Crippen molar-refractivity contribution in [3.05, 3.63) is 95.6 Å². The van der Waals surface area contributed by atoms with Crippen molar-refractivity contribution in [2.75, 3.05) is 16.8 Å². The van der Waals surface area contributed by atoms with E-state index >= 15 is 0 Å². The number of nitrogens with one attached hydrogen (secondary N) is 2. The lowest BCUT2D eigenvalue weighted by molar-refractivity contribution is -0.120. The maximum absolute atomic E-state index is 13.5. The fraction of sp³-hybridized carbons (Fsp3) is 0.200. The molecule has 5 heteroatoms. The number of carbonyl (C=O) groups is 2. The third-order valence-electron chi connectivity index (χ3n) is 5.43. The number of aryl methyl sites for hydroxylation is 1. The summed E-state index contributed by atoms with van der Waals surface area (Å²) in [7, 11) is 0. The first-order valence-electron chi connectivity index (χ1n) is 10.3. The Labute approximate surface area is 176 Å². The highest BCUT2D eigenvalue weighted by atomic mass is 16.2. The number of para-hydroxylation sites is 1. The molecule has 1 aliphatic heterocycles. The Balaban J connectivity index is 1.54. The maximum Gasteiger partial charge on any atom is 0.320 e. The molecule has 0 aromatic heterocycles. The number of benzene rings is 3. The van der Waals surface area contributed by atoms with Crippen molar-refractivity contribution >= 4 is 23.3 Å². The molecular formula is C25H25N3O2. The van der Waals surface area contributed by atoms with Crippen LogP contribution in [-0.2, 0) is 17.6 Å². The Kier molecular flexibility index (Phi) is 5.80. The molecule has 152 valence electrons. The second kappa shape index (κ2) is 8.82. The molecule has 1 aliphatic rings. The van der Waals surface area contributed by atoms with Gasteiger partial charge >= 0.3 is 6.03 Å². The quantitative estimate of drug-likeness (QED) is 0.653. The molecule has 0 bridgehead atoms. The second-order valence-corrected chi connectivity index (χ2v) is 7.36. The average molecular weight is 399 g/mol. The fourth-order valence-corrected chi connectivity index (χ4v) is 3.78. The standard InChI is InChI=1S/C25H25N3O2/c1-2-18-12-14-21(15-13-18)26-25(30)27-23(20-9-4-3-5-10-20)24(29)28-17-16-19-8-6-7-11-22(19)28/h3-15,23H,2,16-17H2,1H3,(H2,26,27,30). The first kappa shape index (κ1) is 19.7. The van der Waals surface area contributed by atoms with Gasteiger partial charge < -0.3 is 15.5 Å². The van der Waals surface area contributed by atoms with Crippen molar-refractivity contribution in [2.45, 2.75) is 25.8 Å². The van der Waals surface area contributed by atoms with Gasteiger partial charge in [-0.2, -0.15) is 0 Å². The van der Waals surface area contributed by atoms with E-state index < -0.39 is 12.1 Å². The zero-order valence-electron chi connectivity index (χ0n) is 17.0. The highest BCUT2D eigenvalue weighted by molar-refractivity contribution is 6.02. The molecule has 0 saturated heterocycles. The van der Waals surface area contributed by atoms with Gasteiger partial charge in [0.2, 0.25) is 0 Å². The molecule has 3 aromatic carbocycles. The monoisotopic (exact) mass is 399 g/mol. The number of urea groups is 1. The Hall–Kier alpha value is -3.60. The van der Waals surface area contributed by atoms with Crippen LogP contribution in [0.25, 0.3) is 0 Å². The molecular weight excluding hydrogens is 374 g/mol. The number of nitrogens with zero attached hydrogens (tertiary/aromatic N) is 1. The molecule has 3 aromatic rings. The van der Waals surface area contributed by atoms with Gasteiger partial charge in [0.1, 0.15) is 6.04 Å². The van der Waals surface area contributed by atoms with Crippen LogP contribution in [0.5, 0.6) is 0 Å². The van der Waals surface area contributed by atoms with Crippen LogP contribution in [0.3, 0.4) is 0 Å². The van der Waals surface area contributed by atoms with Crippen LogP contribution in [0.4, 0.5) is 16.2 Å². The van der Waals surface area contributed by atoms with Gasteiger partial charge in [0.05, 0.1) is 0 Å². The highest BCUT2D eigenvalue weighted by Gasteiger charge is 2.32. The molecule has 30 heavy (non-hydrogen) atoms. The van der Waals surface area contributed by atoms with Gasteiger partial charge in [0.25, 0.3) is 5.91 Å². The number of carbonyl (C=O) groups excluding carboxylic acids is 2. The molecule has 0 aliphatic carbocycles. The molecule has 1 unspecified atom stereocenters. The Morgan fingerprint density at radius 3 is 2.37 bits per heavy atom. The first-order chi connectivity index (χ1) is 14.7. The minimum Gasteiger partial charge on any atom is -0.322 e. The summed E-state index contributed by atoms with van der Waals surface area (Å²) in [6.45, 7) is 2.70. The number of hydrogen-bond acceptors (Lipinski definition) is 2. The zero-order chi connectivity index (χ0) is 20.9. The van der Waals surface area contributed by atoms with Crippen molar-refractivity contribution in [3.8, 4) is 0 Å². The lowest BCUT2D eigenvalue weighted by Crippen LogP contribution is -2.43. The van der Waals surface area contributed by atoms with E-state index in [0.29, 0.717) is 12.2 Å². The fourth-order valence-electron chi connectivity index (χ4n) is 3.78. The Bertz CT molecular complexity index is 1030. The third-order valence-corrected chi connectivity index (χ3v) is 5.43. The topological polar surface area (TPSA) is 61.4 Å². The van der Waals surface area contributed by atoms with E-state index in [-0.39, 0.29) is 5.91 Å². The summed E-state index contributed by atoms with van der Waals surface area (Å²) in [5, 5.41) is 5.71. The van der Waals surface area contributed by atoms with Crippen molar-refractivity contribution in [2.24, 2.45) is 0 Å². The molecule has 1 heterocycles. The third kappa shape index (κ3) is 4.20. The van der Waals surface area contributed by atoms with Crippen LogP contribution >= 0.6 is 0 Å². The number of rotatable bonds is 5. The summed E-state index contributed by atoms with van der Waals surface area (Å²) >= 11 is 0. The first-order valence-corrected chi connectivity index (χ1v) is 10.3. The Morgan fingerprint density at radius 2 is 1.63 bits per heavy atom. The largest absolute Gasteiger partial charge is 0.322 e. The van der Waals surface area contributed by atoms with Crippen molar-refractivity contribution in [1.82, 2.24) is 5.32 Å². The van der Waals surface area contributed by atoms with Crippen molar-refractivity contribution < 1.29 is 9.59 Å². The average Bonchev–Trinajstić information content (AvgIpc) is 3.22. The molecule has 3 amide bonds.